The Morgan fingerprint density at radius 3 is 2.62 bits per heavy atom. The van der Waals surface area contributed by atoms with Crippen molar-refractivity contribution in [2.75, 3.05) is 24.3 Å². The van der Waals surface area contributed by atoms with Crippen molar-refractivity contribution in [2.24, 2.45) is 5.73 Å². The second-order valence-corrected chi connectivity index (χ2v) is 8.03. The minimum Gasteiger partial charge on any atom is -0.444 e. The van der Waals surface area contributed by atoms with Gasteiger partial charge in [-0.05, 0) is 37.3 Å². The Morgan fingerprint density at radius 1 is 1.09 bits per heavy atom. The Balaban J connectivity index is 1.60. The topological polar surface area (TPSA) is 119 Å². The zero-order chi connectivity index (χ0) is 22.7. The SMILES string of the molecule is Cc1cccc(-c2nc(N(C)C)sc2Oc2ccnc(Nc3ccc(C(N)=O)cn3)c2)n1. The molecule has 0 radical (unpaired) electrons. The first-order chi connectivity index (χ1) is 15.4. The van der Waals surface area contributed by atoms with Crippen LogP contribution in [0.5, 0.6) is 10.8 Å². The summed E-state index contributed by atoms with van der Waals surface area (Å²) >= 11 is 1.43. The minimum absolute atomic E-state index is 0.333. The average Bonchev–Trinajstić information content (AvgIpc) is 3.18. The molecule has 4 aromatic rings. The van der Waals surface area contributed by atoms with Crippen molar-refractivity contribution in [3.8, 4) is 22.2 Å². The molecule has 162 valence electrons. The lowest BCUT2D eigenvalue weighted by molar-refractivity contribution is 0.1000. The van der Waals surface area contributed by atoms with Gasteiger partial charge < -0.3 is 20.7 Å². The zero-order valence-corrected chi connectivity index (χ0v) is 18.6. The van der Waals surface area contributed by atoms with Gasteiger partial charge in [0.1, 0.15) is 23.1 Å². The first kappa shape index (κ1) is 21.2. The third-order valence-corrected chi connectivity index (χ3v) is 5.45. The van der Waals surface area contributed by atoms with Crippen LogP contribution in [0.25, 0.3) is 11.4 Å². The highest BCUT2D eigenvalue weighted by Crippen LogP contribution is 2.41. The van der Waals surface area contributed by atoms with Crippen LogP contribution in [0.2, 0.25) is 0 Å². The fourth-order valence-electron chi connectivity index (χ4n) is 2.79. The number of carbonyl (C=O) groups excluding carboxylic acids is 1. The van der Waals surface area contributed by atoms with Gasteiger partial charge in [-0.25, -0.2) is 15.0 Å². The standard InChI is InChI=1S/C22H21N7O2S/c1-13-5-4-6-16(26-13)19-21(32-22(28-19)29(2)3)31-15-9-10-24-18(11-15)27-17-8-7-14(12-25-17)20(23)30/h4-12H,1-3H3,(H2,23,30)(H,24,25,27). The third-order valence-electron chi connectivity index (χ3n) is 4.34. The van der Waals surface area contributed by atoms with E-state index in [2.05, 4.69) is 20.3 Å². The number of carbonyl (C=O) groups is 1. The van der Waals surface area contributed by atoms with Gasteiger partial charge in [0, 0.05) is 38.2 Å². The van der Waals surface area contributed by atoms with Gasteiger partial charge >= 0.3 is 0 Å². The molecule has 0 spiro atoms. The van der Waals surface area contributed by atoms with Crippen LogP contribution in [0.15, 0.2) is 54.9 Å². The molecule has 0 atom stereocenters. The first-order valence-electron chi connectivity index (χ1n) is 9.68. The average molecular weight is 448 g/mol. The summed E-state index contributed by atoms with van der Waals surface area (Å²) in [5, 5.41) is 4.53. The van der Waals surface area contributed by atoms with Gasteiger partial charge in [0.2, 0.25) is 11.0 Å². The van der Waals surface area contributed by atoms with E-state index < -0.39 is 5.91 Å². The number of hydrogen-bond donors (Lipinski definition) is 2. The fourth-order valence-corrected chi connectivity index (χ4v) is 3.66. The summed E-state index contributed by atoms with van der Waals surface area (Å²) in [5.74, 6) is 1.11. The summed E-state index contributed by atoms with van der Waals surface area (Å²) in [6, 6.07) is 12.6. The van der Waals surface area contributed by atoms with Crippen LogP contribution in [0.1, 0.15) is 16.1 Å². The van der Waals surface area contributed by atoms with Crippen molar-refractivity contribution in [3.63, 3.8) is 0 Å². The molecule has 0 aliphatic carbocycles. The van der Waals surface area contributed by atoms with Gasteiger partial charge in [-0.1, -0.05) is 17.4 Å². The molecule has 0 aliphatic heterocycles. The quantitative estimate of drug-likeness (QED) is 0.436. The third kappa shape index (κ3) is 4.81. The molecule has 1 amide bonds. The molecule has 0 aliphatic rings. The predicted molar refractivity (Wildman–Crippen MR) is 125 cm³/mol. The molecule has 10 heteroatoms. The second-order valence-electron chi connectivity index (χ2n) is 7.09. The Kier molecular flexibility index (Phi) is 5.95. The van der Waals surface area contributed by atoms with Gasteiger partial charge in [0.05, 0.1) is 11.3 Å². The van der Waals surface area contributed by atoms with E-state index in [9.17, 15) is 4.79 Å². The normalized spacial score (nSPS) is 10.6. The van der Waals surface area contributed by atoms with Crippen molar-refractivity contribution >= 4 is 34.0 Å². The fraction of sp³-hybridized carbons (Fsp3) is 0.136. The minimum atomic E-state index is -0.530. The number of nitrogens with two attached hydrogens (primary N) is 1. The van der Waals surface area contributed by atoms with Crippen molar-refractivity contribution < 1.29 is 9.53 Å². The van der Waals surface area contributed by atoms with Crippen LogP contribution in [0.4, 0.5) is 16.8 Å². The molecular formula is C22H21N7O2S. The smallest absolute Gasteiger partial charge is 0.250 e. The predicted octanol–water partition coefficient (Wildman–Crippen LogP) is 4.00. The summed E-state index contributed by atoms with van der Waals surface area (Å²) in [4.78, 5) is 30.9. The molecule has 9 nitrogen and oxygen atoms in total. The number of aryl methyl sites for hydroxylation is 1. The van der Waals surface area contributed by atoms with E-state index in [-0.39, 0.29) is 0 Å². The van der Waals surface area contributed by atoms with Gasteiger partial charge in [-0.15, -0.1) is 0 Å². The number of anilines is 3. The van der Waals surface area contributed by atoms with Gasteiger partial charge in [-0.3, -0.25) is 9.78 Å². The van der Waals surface area contributed by atoms with Crippen molar-refractivity contribution in [3.05, 3.63) is 66.1 Å². The monoisotopic (exact) mass is 447 g/mol. The van der Waals surface area contributed by atoms with E-state index >= 15 is 0 Å². The molecule has 0 aromatic carbocycles. The highest BCUT2D eigenvalue weighted by atomic mass is 32.1. The van der Waals surface area contributed by atoms with Gasteiger partial charge in [0.25, 0.3) is 0 Å². The number of rotatable bonds is 7. The summed E-state index contributed by atoms with van der Waals surface area (Å²) in [6.45, 7) is 1.94. The molecular weight excluding hydrogens is 426 g/mol. The number of aromatic nitrogens is 4. The lowest BCUT2D eigenvalue weighted by Crippen LogP contribution is -2.11. The molecule has 0 fully saturated rings. The van der Waals surface area contributed by atoms with Crippen molar-refractivity contribution in [1.29, 1.82) is 0 Å². The van der Waals surface area contributed by atoms with E-state index in [0.717, 1.165) is 16.5 Å². The summed E-state index contributed by atoms with van der Waals surface area (Å²) in [5.41, 5.74) is 7.91. The molecule has 0 bridgehead atoms. The Morgan fingerprint density at radius 2 is 1.94 bits per heavy atom. The molecule has 3 N–H and O–H groups in total. The van der Waals surface area contributed by atoms with Crippen LogP contribution in [0.3, 0.4) is 0 Å². The lowest BCUT2D eigenvalue weighted by Gasteiger charge is -2.08. The Labute approximate surface area is 189 Å². The van der Waals surface area contributed by atoms with E-state index in [1.807, 2.05) is 44.1 Å². The molecule has 0 saturated heterocycles. The lowest BCUT2D eigenvalue weighted by atomic mass is 10.2. The number of nitrogens with zero attached hydrogens (tertiary/aromatic N) is 5. The summed E-state index contributed by atoms with van der Waals surface area (Å²) < 4.78 is 6.19. The Bertz CT molecular complexity index is 1260. The van der Waals surface area contributed by atoms with E-state index in [1.165, 1.54) is 17.5 Å². The highest BCUT2D eigenvalue weighted by molar-refractivity contribution is 7.17. The van der Waals surface area contributed by atoms with Crippen LogP contribution in [-0.2, 0) is 0 Å². The number of pyridine rings is 3. The van der Waals surface area contributed by atoms with Crippen LogP contribution in [-0.4, -0.2) is 39.9 Å². The van der Waals surface area contributed by atoms with Crippen LogP contribution in [0, 0.1) is 6.92 Å². The molecule has 32 heavy (non-hydrogen) atoms. The molecule has 4 aromatic heterocycles. The molecule has 4 rings (SSSR count). The summed E-state index contributed by atoms with van der Waals surface area (Å²) in [7, 11) is 3.86. The number of ether oxygens (including phenoxy) is 1. The number of amides is 1. The van der Waals surface area contributed by atoms with Crippen LogP contribution >= 0.6 is 11.3 Å². The maximum Gasteiger partial charge on any atom is 0.250 e. The van der Waals surface area contributed by atoms with Crippen molar-refractivity contribution in [1.82, 2.24) is 19.9 Å². The highest BCUT2D eigenvalue weighted by Gasteiger charge is 2.18. The Hall–Kier alpha value is -4.05. The molecule has 0 unspecified atom stereocenters. The van der Waals surface area contributed by atoms with Gasteiger partial charge in [-0.2, -0.15) is 0 Å². The largest absolute Gasteiger partial charge is 0.444 e. The number of primary amides is 1. The van der Waals surface area contributed by atoms with Crippen LogP contribution < -0.4 is 20.7 Å². The van der Waals surface area contributed by atoms with Gasteiger partial charge in [0.15, 0.2) is 5.13 Å². The number of hydrogen-bond acceptors (Lipinski definition) is 9. The van der Waals surface area contributed by atoms with E-state index in [1.54, 1.807) is 30.5 Å². The molecule has 4 heterocycles. The first-order valence-corrected chi connectivity index (χ1v) is 10.5. The molecule has 0 saturated carbocycles. The summed E-state index contributed by atoms with van der Waals surface area (Å²) in [6.07, 6.45) is 3.04. The number of thiazole rings is 1. The number of nitrogens with one attached hydrogen (secondary N) is 1. The maximum absolute atomic E-state index is 11.2. The van der Waals surface area contributed by atoms with Crippen molar-refractivity contribution in [2.45, 2.75) is 6.92 Å². The van der Waals surface area contributed by atoms with E-state index in [0.29, 0.717) is 33.7 Å². The zero-order valence-electron chi connectivity index (χ0n) is 17.7. The maximum atomic E-state index is 11.2. The second kappa shape index (κ2) is 8.98. The van der Waals surface area contributed by atoms with E-state index in [4.69, 9.17) is 15.5 Å².